The maximum Gasteiger partial charge on any atom is 0.138 e. The Bertz CT molecular complexity index is 601. The molecule has 0 amide bonds. The van der Waals surface area contributed by atoms with Crippen LogP contribution in [0.25, 0.3) is 0 Å². The fourth-order valence-corrected chi connectivity index (χ4v) is 2.76. The monoisotopic (exact) mass is 285 g/mol. The van der Waals surface area contributed by atoms with Crippen molar-refractivity contribution < 1.29 is 9.57 Å². The van der Waals surface area contributed by atoms with Gasteiger partial charge in [-0.05, 0) is 36.1 Å². The zero-order valence-electron chi connectivity index (χ0n) is 12.0. The number of nitrogens with zero attached hydrogens (tertiary/aromatic N) is 1. The van der Waals surface area contributed by atoms with Crippen LogP contribution in [0.2, 0.25) is 0 Å². The molecule has 0 unspecified atom stereocenters. The maximum absolute atomic E-state index is 6.08. The van der Waals surface area contributed by atoms with Crippen LogP contribution in [0.5, 0.6) is 5.75 Å². The number of hydroxylamine groups is 1. The Hall–Kier alpha value is -2.11. The molecule has 0 bridgehead atoms. The molecule has 0 saturated heterocycles. The molecule has 3 rings (SSSR count). The van der Waals surface area contributed by atoms with E-state index in [-0.39, 0.29) is 12.1 Å². The fraction of sp³-hybridized carbons (Fsp3) is 0.312. The predicted octanol–water partition coefficient (Wildman–Crippen LogP) is 2.77. The second-order valence-corrected chi connectivity index (χ2v) is 5.11. The predicted molar refractivity (Wildman–Crippen MR) is 80.6 cm³/mol. The number of rotatable bonds is 4. The third-order valence-electron chi connectivity index (χ3n) is 3.73. The summed E-state index contributed by atoms with van der Waals surface area (Å²) >= 11 is 0. The van der Waals surface area contributed by atoms with Crippen molar-refractivity contribution >= 4 is 5.82 Å². The van der Waals surface area contributed by atoms with Gasteiger partial charge in [-0.1, -0.05) is 24.3 Å². The summed E-state index contributed by atoms with van der Waals surface area (Å²) in [5.41, 5.74) is 11.1. The van der Waals surface area contributed by atoms with Crippen LogP contribution in [0.15, 0.2) is 42.6 Å². The lowest BCUT2D eigenvalue weighted by Gasteiger charge is -2.31. The van der Waals surface area contributed by atoms with E-state index in [1.54, 1.807) is 19.4 Å². The van der Waals surface area contributed by atoms with Crippen LogP contribution in [0.3, 0.4) is 0 Å². The Morgan fingerprint density at radius 3 is 2.67 bits per heavy atom. The number of nitrogens with one attached hydrogen (secondary N) is 1. The summed E-state index contributed by atoms with van der Waals surface area (Å²) in [6.07, 6.45) is 3.57. The number of hydrogen-bond donors (Lipinski definition) is 2. The molecule has 1 aliphatic rings. The average molecular weight is 285 g/mol. The summed E-state index contributed by atoms with van der Waals surface area (Å²) in [5, 5.41) is 0. The van der Waals surface area contributed by atoms with Crippen molar-refractivity contribution in [3.05, 3.63) is 53.7 Å². The van der Waals surface area contributed by atoms with Crippen LogP contribution in [0.1, 0.15) is 36.1 Å². The van der Waals surface area contributed by atoms with Crippen LogP contribution >= 0.6 is 0 Å². The smallest absolute Gasteiger partial charge is 0.138 e. The van der Waals surface area contributed by atoms with Crippen molar-refractivity contribution in [3.63, 3.8) is 0 Å². The van der Waals surface area contributed by atoms with Gasteiger partial charge in [-0.15, -0.1) is 0 Å². The average Bonchev–Trinajstić information content (AvgIpc) is 2.52. The van der Waals surface area contributed by atoms with Crippen molar-refractivity contribution in [1.29, 1.82) is 0 Å². The Morgan fingerprint density at radius 1 is 1.14 bits per heavy atom. The first-order chi connectivity index (χ1) is 10.3. The molecule has 1 aliphatic carbocycles. The fourth-order valence-electron chi connectivity index (χ4n) is 2.76. The number of pyridine rings is 1. The highest BCUT2D eigenvalue weighted by Crippen LogP contribution is 2.38. The molecule has 0 fully saturated rings. The summed E-state index contributed by atoms with van der Waals surface area (Å²) in [7, 11) is 1.64. The van der Waals surface area contributed by atoms with Gasteiger partial charge < -0.3 is 15.3 Å². The topological polar surface area (TPSA) is 69.4 Å². The van der Waals surface area contributed by atoms with Gasteiger partial charge in [0.05, 0.1) is 19.3 Å². The molecule has 2 atom stereocenters. The lowest BCUT2D eigenvalue weighted by atomic mass is 9.86. The van der Waals surface area contributed by atoms with Gasteiger partial charge in [0.1, 0.15) is 17.7 Å². The highest BCUT2D eigenvalue weighted by molar-refractivity contribution is 5.36. The van der Waals surface area contributed by atoms with Gasteiger partial charge in [-0.25, -0.2) is 4.98 Å². The molecule has 1 aromatic carbocycles. The summed E-state index contributed by atoms with van der Waals surface area (Å²) in [6.45, 7) is 0. The molecule has 2 aromatic rings. The minimum atomic E-state index is 0.0292. The molecule has 0 aliphatic heterocycles. The lowest BCUT2D eigenvalue weighted by molar-refractivity contribution is 0.0459. The number of aromatic nitrogens is 1. The van der Waals surface area contributed by atoms with Gasteiger partial charge in [-0.2, -0.15) is 5.48 Å². The largest absolute Gasteiger partial charge is 0.484 e. The molecular formula is C16H19N3O2. The van der Waals surface area contributed by atoms with Crippen molar-refractivity contribution in [2.24, 2.45) is 0 Å². The van der Waals surface area contributed by atoms with E-state index in [1.165, 1.54) is 11.1 Å². The third kappa shape index (κ3) is 2.99. The zero-order chi connectivity index (χ0) is 14.7. The Labute approximate surface area is 124 Å². The van der Waals surface area contributed by atoms with E-state index in [0.717, 1.165) is 18.6 Å². The maximum atomic E-state index is 6.08. The first-order valence-corrected chi connectivity index (χ1v) is 7.03. The van der Waals surface area contributed by atoms with Gasteiger partial charge in [0.25, 0.3) is 0 Å². The number of fused-ring (bicyclic) bond motifs is 1. The Balaban J connectivity index is 1.83. The van der Waals surface area contributed by atoms with Gasteiger partial charge in [0.2, 0.25) is 0 Å². The molecule has 110 valence electrons. The quantitative estimate of drug-likeness (QED) is 0.845. The molecule has 21 heavy (non-hydrogen) atoms. The minimum Gasteiger partial charge on any atom is -0.484 e. The van der Waals surface area contributed by atoms with Gasteiger partial charge in [-0.3, -0.25) is 0 Å². The second-order valence-electron chi connectivity index (χ2n) is 5.11. The standard InChI is InChI=1S/C16H19N3O2/c1-20-19-14-7-8-15(13-5-3-2-4-12(13)14)21-11-6-9-16(17)18-10-11/h2-6,9-10,14-15,19H,7-8H2,1H3,(H2,17,18)/t14-,15+/m0/s1. The van der Waals surface area contributed by atoms with Crippen molar-refractivity contribution in [3.8, 4) is 5.75 Å². The van der Waals surface area contributed by atoms with Crippen molar-refractivity contribution in [2.45, 2.75) is 25.0 Å². The van der Waals surface area contributed by atoms with E-state index in [4.69, 9.17) is 15.3 Å². The van der Waals surface area contributed by atoms with E-state index in [2.05, 4.69) is 22.6 Å². The van der Waals surface area contributed by atoms with E-state index in [1.807, 2.05) is 18.2 Å². The number of nitrogens with two attached hydrogens (primary N) is 1. The molecule has 5 nitrogen and oxygen atoms in total. The number of hydrogen-bond acceptors (Lipinski definition) is 5. The van der Waals surface area contributed by atoms with E-state index < -0.39 is 0 Å². The Morgan fingerprint density at radius 2 is 1.95 bits per heavy atom. The summed E-state index contributed by atoms with van der Waals surface area (Å²) in [6, 6.07) is 12.1. The Kier molecular flexibility index (Phi) is 4.03. The third-order valence-corrected chi connectivity index (χ3v) is 3.73. The van der Waals surface area contributed by atoms with Crippen molar-refractivity contribution in [2.75, 3.05) is 12.8 Å². The number of nitrogen functional groups attached to an aromatic ring is 1. The van der Waals surface area contributed by atoms with Crippen LogP contribution in [-0.4, -0.2) is 12.1 Å². The second kappa shape index (κ2) is 6.11. The first-order valence-electron chi connectivity index (χ1n) is 7.03. The zero-order valence-corrected chi connectivity index (χ0v) is 12.0. The van der Waals surface area contributed by atoms with Gasteiger partial charge in [0.15, 0.2) is 0 Å². The summed E-state index contributed by atoms with van der Waals surface area (Å²) in [5.74, 6) is 1.23. The van der Waals surface area contributed by atoms with E-state index >= 15 is 0 Å². The number of anilines is 1. The normalized spacial score (nSPS) is 20.8. The van der Waals surface area contributed by atoms with Crippen LogP contribution in [0, 0.1) is 0 Å². The van der Waals surface area contributed by atoms with Crippen molar-refractivity contribution in [1.82, 2.24) is 10.5 Å². The summed E-state index contributed by atoms with van der Waals surface area (Å²) < 4.78 is 6.08. The molecule has 0 saturated carbocycles. The lowest BCUT2D eigenvalue weighted by Crippen LogP contribution is -2.27. The molecule has 0 radical (unpaired) electrons. The highest BCUT2D eigenvalue weighted by atomic mass is 16.6. The van der Waals surface area contributed by atoms with Gasteiger partial charge in [0, 0.05) is 0 Å². The number of ether oxygens (including phenoxy) is 1. The van der Waals surface area contributed by atoms with Crippen LogP contribution in [0.4, 0.5) is 5.82 Å². The molecule has 1 heterocycles. The SMILES string of the molecule is CON[C@H]1CC[C@@H](Oc2ccc(N)nc2)c2ccccc21. The molecule has 3 N–H and O–H groups in total. The van der Waals surface area contributed by atoms with Gasteiger partial charge >= 0.3 is 0 Å². The number of benzene rings is 1. The molecule has 1 aromatic heterocycles. The van der Waals surface area contributed by atoms with E-state index in [9.17, 15) is 0 Å². The molecule has 0 spiro atoms. The first kappa shape index (κ1) is 13.9. The molecular weight excluding hydrogens is 266 g/mol. The van der Waals surface area contributed by atoms with Crippen LogP contribution < -0.4 is 16.0 Å². The summed E-state index contributed by atoms with van der Waals surface area (Å²) in [4.78, 5) is 9.16. The van der Waals surface area contributed by atoms with Crippen LogP contribution in [-0.2, 0) is 4.84 Å². The molecule has 5 heteroatoms. The highest BCUT2D eigenvalue weighted by Gasteiger charge is 2.28. The minimum absolute atomic E-state index is 0.0292. The van der Waals surface area contributed by atoms with E-state index in [0.29, 0.717) is 5.82 Å².